The van der Waals surface area contributed by atoms with Crippen molar-refractivity contribution in [2.24, 2.45) is 0 Å². The summed E-state index contributed by atoms with van der Waals surface area (Å²) in [5.74, 6) is 0. The van der Waals surface area contributed by atoms with Crippen molar-refractivity contribution in [2.45, 2.75) is 13.0 Å². The van der Waals surface area contributed by atoms with Crippen molar-refractivity contribution in [3.63, 3.8) is 0 Å². The van der Waals surface area contributed by atoms with E-state index in [2.05, 4.69) is 79.5 Å². The molecule has 4 aromatic rings. The van der Waals surface area contributed by atoms with Crippen molar-refractivity contribution < 1.29 is 0 Å². The van der Waals surface area contributed by atoms with Gasteiger partial charge in [-0.2, -0.15) is 0 Å². The van der Waals surface area contributed by atoms with Gasteiger partial charge in [-0.05, 0) is 30.2 Å². The number of hydrogen-bond acceptors (Lipinski definition) is 3. The SMILES string of the molecule is Cc1ccc(C2Nc3ccccc3-c3ncnc4[nH]cc2c34)cc1Br. The molecule has 1 aliphatic heterocycles. The number of aryl methyl sites for hydroxylation is 1. The highest BCUT2D eigenvalue weighted by molar-refractivity contribution is 9.10. The maximum absolute atomic E-state index is 4.59. The number of fused-ring (bicyclic) bond motifs is 2. The molecular weight excluding hydrogens is 376 g/mol. The van der Waals surface area contributed by atoms with Gasteiger partial charge in [-0.3, -0.25) is 0 Å². The van der Waals surface area contributed by atoms with Gasteiger partial charge in [-0.25, -0.2) is 9.97 Å². The number of benzene rings is 2. The lowest BCUT2D eigenvalue weighted by Gasteiger charge is -2.20. The summed E-state index contributed by atoms with van der Waals surface area (Å²) in [7, 11) is 0. The van der Waals surface area contributed by atoms with Crippen LogP contribution < -0.4 is 5.32 Å². The summed E-state index contributed by atoms with van der Waals surface area (Å²) >= 11 is 3.66. The summed E-state index contributed by atoms with van der Waals surface area (Å²) < 4.78 is 1.11. The predicted molar refractivity (Wildman–Crippen MR) is 104 cm³/mol. The van der Waals surface area contributed by atoms with Gasteiger partial charge < -0.3 is 10.3 Å². The van der Waals surface area contributed by atoms with Crippen LogP contribution in [0, 0.1) is 6.92 Å². The van der Waals surface area contributed by atoms with Crippen molar-refractivity contribution in [2.75, 3.05) is 5.32 Å². The Labute approximate surface area is 153 Å². The Kier molecular flexibility index (Phi) is 3.18. The monoisotopic (exact) mass is 390 g/mol. The predicted octanol–water partition coefficient (Wildman–Crippen LogP) is 5.21. The molecule has 2 aromatic heterocycles. The summed E-state index contributed by atoms with van der Waals surface area (Å²) in [5, 5.41) is 4.79. The average molecular weight is 391 g/mol. The molecular formula is C20H15BrN4. The van der Waals surface area contributed by atoms with Crippen molar-refractivity contribution in [3.8, 4) is 11.3 Å². The second kappa shape index (κ2) is 5.43. The number of H-pyrrole nitrogens is 1. The lowest BCUT2D eigenvalue weighted by Crippen LogP contribution is -2.11. The second-order valence-electron chi connectivity index (χ2n) is 6.32. The van der Waals surface area contributed by atoms with E-state index in [1.54, 1.807) is 6.33 Å². The van der Waals surface area contributed by atoms with E-state index in [0.29, 0.717) is 0 Å². The van der Waals surface area contributed by atoms with Gasteiger partial charge in [0.2, 0.25) is 0 Å². The normalized spacial score (nSPS) is 15.5. The minimum Gasteiger partial charge on any atom is -0.374 e. The highest BCUT2D eigenvalue weighted by atomic mass is 79.9. The zero-order chi connectivity index (χ0) is 17.0. The van der Waals surface area contributed by atoms with Crippen LogP contribution in [0.1, 0.15) is 22.7 Å². The second-order valence-corrected chi connectivity index (χ2v) is 7.18. The first kappa shape index (κ1) is 14.7. The van der Waals surface area contributed by atoms with Crippen LogP contribution in [0.5, 0.6) is 0 Å². The Bertz CT molecular complexity index is 1120. The molecule has 2 aromatic carbocycles. The summed E-state index contributed by atoms with van der Waals surface area (Å²) in [6, 6.07) is 14.8. The average Bonchev–Trinajstić information content (AvgIpc) is 3.00. The fourth-order valence-electron chi connectivity index (χ4n) is 3.52. The van der Waals surface area contributed by atoms with E-state index in [-0.39, 0.29) is 6.04 Å². The zero-order valence-corrected chi connectivity index (χ0v) is 15.1. The van der Waals surface area contributed by atoms with Crippen molar-refractivity contribution in [3.05, 3.63) is 76.2 Å². The number of para-hydroxylation sites is 1. The van der Waals surface area contributed by atoms with Gasteiger partial charge in [0, 0.05) is 27.5 Å². The summed E-state index contributed by atoms with van der Waals surface area (Å²) in [6.45, 7) is 2.10. The van der Waals surface area contributed by atoms with E-state index < -0.39 is 0 Å². The minimum atomic E-state index is 0.0269. The van der Waals surface area contributed by atoms with Gasteiger partial charge in [0.1, 0.15) is 12.0 Å². The molecule has 5 heteroatoms. The molecule has 1 aliphatic rings. The van der Waals surface area contributed by atoms with E-state index in [9.17, 15) is 0 Å². The number of aromatic nitrogens is 3. The molecule has 1 unspecified atom stereocenters. The number of anilines is 1. The van der Waals surface area contributed by atoms with Gasteiger partial charge in [-0.15, -0.1) is 0 Å². The number of nitrogens with zero attached hydrogens (tertiary/aromatic N) is 2. The third kappa shape index (κ3) is 2.19. The van der Waals surface area contributed by atoms with E-state index >= 15 is 0 Å². The Morgan fingerprint density at radius 1 is 1.08 bits per heavy atom. The zero-order valence-electron chi connectivity index (χ0n) is 13.5. The highest BCUT2D eigenvalue weighted by Gasteiger charge is 2.26. The third-order valence-corrected chi connectivity index (χ3v) is 5.68. The number of halogens is 1. The lowest BCUT2D eigenvalue weighted by atomic mass is 9.98. The molecule has 0 saturated carbocycles. The number of rotatable bonds is 1. The molecule has 0 aliphatic carbocycles. The molecule has 0 bridgehead atoms. The maximum atomic E-state index is 4.59. The molecule has 1 atom stereocenters. The summed E-state index contributed by atoms with van der Waals surface area (Å²) in [4.78, 5) is 12.3. The molecule has 25 heavy (non-hydrogen) atoms. The molecule has 0 saturated heterocycles. The topological polar surface area (TPSA) is 53.6 Å². The molecule has 122 valence electrons. The van der Waals surface area contributed by atoms with Crippen LogP contribution >= 0.6 is 15.9 Å². The van der Waals surface area contributed by atoms with E-state index in [0.717, 1.165) is 38.0 Å². The molecule has 2 N–H and O–H groups in total. The fourth-order valence-corrected chi connectivity index (χ4v) is 3.92. The first-order valence-electron chi connectivity index (χ1n) is 8.16. The summed E-state index contributed by atoms with van der Waals surface area (Å²) in [5.41, 5.74) is 7.61. The van der Waals surface area contributed by atoms with Crippen LogP contribution in [0.25, 0.3) is 22.3 Å². The standard InChI is InChI=1S/C20H15BrN4/c1-11-6-7-12(8-15(11)21)18-14-9-22-20-17(14)19(23-10-24-20)13-4-2-3-5-16(13)25-18/h2-10,18,25H,1H3,(H,22,23,24). The Hall–Kier alpha value is -2.66. The van der Waals surface area contributed by atoms with Crippen LogP contribution in [0.3, 0.4) is 0 Å². The smallest absolute Gasteiger partial charge is 0.141 e. The van der Waals surface area contributed by atoms with Crippen LogP contribution in [0.2, 0.25) is 0 Å². The highest BCUT2D eigenvalue weighted by Crippen LogP contribution is 2.42. The molecule has 4 nitrogen and oxygen atoms in total. The summed E-state index contributed by atoms with van der Waals surface area (Å²) in [6.07, 6.45) is 3.66. The fraction of sp³-hybridized carbons (Fsp3) is 0.100. The first-order chi connectivity index (χ1) is 12.2. The van der Waals surface area contributed by atoms with Crippen LogP contribution in [-0.4, -0.2) is 15.0 Å². The quantitative estimate of drug-likeness (QED) is 0.468. The molecule has 0 amide bonds. The maximum Gasteiger partial charge on any atom is 0.141 e. The molecule has 0 radical (unpaired) electrons. The number of hydrogen-bond donors (Lipinski definition) is 2. The largest absolute Gasteiger partial charge is 0.374 e. The van der Waals surface area contributed by atoms with Crippen LogP contribution in [-0.2, 0) is 0 Å². The first-order valence-corrected chi connectivity index (χ1v) is 8.95. The van der Waals surface area contributed by atoms with Crippen molar-refractivity contribution in [1.29, 1.82) is 0 Å². The van der Waals surface area contributed by atoms with Crippen LogP contribution in [0.4, 0.5) is 5.69 Å². The molecule has 3 heterocycles. The third-order valence-electron chi connectivity index (χ3n) is 4.82. The van der Waals surface area contributed by atoms with Gasteiger partial charge >= 0.3 is 0 Å². The van der Waals surface area contributed by atoms with Gasteiger partial charge in [0.15, 0.2) is 0 Å². The van der Waals surface area contributed by atoms with Gasteiger partial charge in [-0.1, -0.05) is 46.3 Å². The Morgan fingerprint density at radius 2 is 1.96 bits per heavy atom. The number of aromatic amines is 1. The lowest BCUT2D eigenvalue weighted by molar-refractivity contribution is 0.950. The molecule has 0 spiro atoms. The van der Waals surface area contributed by atoms with E-state index in [4.69, 9.17) is 0 Å². The van der Waals surface area contributed by atoms with Crippen molar-refractivity contribution in [1.82, 2.24) is 15.0 Å². The van der Waals surface area contributed by atoms with E-state index in [1.165, 1.54) is 11.1 Å². The minimum absolute atomic E-state index is 0.0269. The van der Waals surface area contributed by atoms with E-state index in [1.807, 2.05) is 12.3 Å². The van der Waals surface area contributed by atoms with Gasteiger partial charge in [0.05, 0.1) is 17.1 Å². The Balaban J connectivity index is 1.83. The Morgan fingerprint density at radius 3 is 2.84 bits per heavy atom. The number of nitrogens with one attached hydrogen (secondary N) is 2. The van der Waals surface area contributed by atoms with Crippen molar-refractivity contribution >= 4 is 32.7 Å². The molecule has 0 fully saturated rings. The molecule has 5 rings (SSSR count). The van der Waals surface area contributed by atoms with Crippen LogP contribution in [0.15, 0.2) is 59.5 Å². The van der Waals surface area contributed by atoms with Gasteiger partial charge in [0.25, 0.3) is 0 Å².